The van der Waals surface area contributed by atoms with Gasteiger partial charge in [-0.1, -0.05) is 92.9 Å². The first-order chi connectivity index (χ1) is 8.62. The van der Waals surface area contributed by atoms with Gasteiger partial charge in [0, 0.05) is 0 Å². The molecule has 2 fully saturated rings. The van der Waals surface area contributed by atoms with E-state index in [1.807, 2.05) is 0 Å². The van der Waals surface area contributed by atoms with E-state index in [2.05, 4.69) is 41.5 Å². The first-order valence-corrected chi connectivity index (χ1v) is 8.62. The molecule has 0 radical (unpaired) electrons. The highest BCUT2D eigenvalue weighted by Gasteiger charge is 2.54. The smallest absolute Gasteiger partial charge is 0.0603 e. The highest BCUT2D eigenvalue weighted by Crippen LogP contribution is 2.67. The SMILES string of the molecule is CC(C)(C)C12BC(C(C)(C)C)(CCCCC1)CCC2. The van der Waals surface area contributed by atoms with Crippen LogP contribution in [0, 0.1) is 10.8 Å². The normalized spacial score (nSPS) is 37.2. The Morgan fingerprint density at radius 2 is 0.947 bits per heavy atom. The van der Waals surface area contributed by atoms with Crippen LogP contribution in [0.3, 0.4) is 0 Å². The zero-order valence-electron chi connectivity index (χ0n) is 14.4. The standard InChI is InChI=1S/C18H35B/c1-15(2,3)17-11-8-7-9-12-18(19-17,14-10-13-17)16(4,5)6/h19H,7-14H2,1-6H3. The van der Waals surface area contributed by atoms with Crippen molar-refractivity contribution in [1.82, 2.24) is 0 Å². The molecule has 0 aromatic heterocycles. The van der Waals surface area contributed by atoms with Crippen molar-refractivity contribution in [3.8, 4) is 0 Å². The van der Waals surface area contributed by atoms with Crippen LogP contribution >= 0.6 is 0 Å². The van der Waals surface area contributed by atoms with Gasteiger partial charge in [0.1, 0.15) is 7.28 Å². The molecule has 110 valence electrons. The Balaban J connectivity index is 2.40. The van der Waals surface area contributed by atoms with Gasteiger partial charge >= 0.3 is 0 Å². The molecule has 2 bridgehead atoms. The van der Waals surface area contributed by atoms with Crippen LogP contribution in [0.5, 0.6) is 0 Å². The predicted molar refractivity (Wildman–Crippen MR) is 88.4 cm³/mol. The molecule has 19 heavy (non-hydrogen) atoms. The summed E-state index contributed by atoms with van der Waals surface area (Å²) in [7, 11) is 1.49. The molecule has 0 N–H and O–H groups in total. The van der Waals surface area contributed by atoms with Crippen LogP contribution in [-0.4, -0.2) is 7.28 Å². The highest BCUT2D eigenvalue weighted by molar-refractivity contribution is 6.45. The topological polar surface area (TPSA) is 0 Å². The van der Waals surface area contributed by atoms with Crippen molar-refractivity contribution in [3.63, 3.8) is 0 Å². The minimum absolute atomic E-state index is 0.473. The lowest BCUT2D eigenvalue weighted by Crippen LogP contribution is -2.49. The molecule has 2 aliphatic rings. The molecule has 0 nitrogen and oxygen atoms in total. The number of hydrogen-bond donors (Lipinski definition) is 0. The van der Waals surface area contributed by atoms with Gasteiger partial charge < -0.3 is 0 Å². The van der Waals surface area contributed by atoms with E-state index in [4.69, 9.17) is 0 Å². The lowest BCUT2D eigenvalue weighted by molar-refractivity contribution is 0.134. The largest absolute Gasteiger partial charge is 0.136 e. The minimum atomic E-state index is 0.473. The number of fused-ring (bicyclic) bond motifs is 2. The van der Waals surface area contributed by atoms with E-state index in [-0.39, 0.29) is 0 Å². The van der Waals surface area contributed by atoms with Crippen LogP contribution in [-0.2, 0) is 0 Å². The van der Waals surface area contributed by atoms with Gasteiger partial charge in [0.05, 0.1) is 0 Å². The fraction of sp³-hybridized carbons (Fsp3) is 1.00. The van der Waals surface area contributed by atoms with Crippen LogP contribution in [0.1, 0.15) is 92.9 Å². The molecular weight excluding hydrogens is 227 g/mol. The van der Waals surface area contributed by atoms with E-state index in [0.29, 0.717) is 21.5 Å². The average Bonchev–Trinajstić information content (AvgIpc) is 2.24. The third kappa shape index (κ3) is 2.63. The summed E-state index contributed by atoms with van der Waals surface area (Å²) in [6.07, 6.45) is 11.8. The lowest BCUT2D eigenvalue weighted by atomic mass is 9.23. The fourth-order valence-electron chi connectivity index (χ4n) is 5.15. The van der Waals surface area contributed by atoms with Crippen LogP contribution < -0.4 is 0 Å². The second-order valence-corrected chi connectivity index (χ2v) is 9.65. The van der Waals surface area contributed by atoms with E-state index in [9.17, 15) is 0 Å². The van der Waals surface area contributed by atoms with Crippen LogP contribution in [0.15, 0.2) is 0 Å². The minimum Gasteiger partial charge on any atom is -0.0603 e. The third-order valence-electron chi connectivity index (χ3n) is 6.98. The second-order valence-electron chi connectivity index (χ2n) is 9.65. The predicted octanol–water partition coefficient (Wildman–Crippen LogP) is 5.98. The van der Waals surface area contributed by atoms with Gasteiger partial charge in [-0.15, -0.1) is 0 Å². The monoisotopic (exact) mass is 262 g/mol. The number of hydrogen-bond acceptors (Lipinski definition) is 0. The van der Waals surface area contributed by atoms with Gasteiger partial charge in [-0.2, -0.15) is 0 Å². The zero-order chi connectivity index (χ0) is 14.4. The molecule has 2 saturated heterocycles. The van der Waals surface area contributed by atoms with Crippen LogP contribution in [0.25, 0.3) is 0 Å². The molecule has 2 aliphatic heterocycles. The summed E-state index contributed by atoms with van der Waals surface area (Å²) in [5.74, 6) is 0. The molecule has 2 heterocycles. The first kappa shape index (κ1) is 15.5. The maximum atomic E-state index is 2.51. The third-order valence-corrected chi connectivity index (χ3v) is 6.98. The molecule has 0 aromatic rings. The van der Waals surface area contributed by atoms with E-state index in [1.54, 1.807) is 0 Å². The maximum Gasteiger partial charge on any atom is 0.136 e. The van der Waals surface area contributed by atoms with Gasteiger partial charge in [0.25, 0.3) is 0 Å². The Bertz CT molecular complexity index is 290. The van der Waals surface area contributed by atoms with Crippen molar-refractivity contribution >= 4 is 7.28 Å². The van der Waals surface area contributed by atoms with Crippen molar-refractivity contribution < 1.29 is 0 Å². The Morgan fingerprint density at radius 1 is 0.579 bits per heavy atom. The van der Waals surface area contributed by atoms with Gasteiger partial charge in [-0.3, -0.25) is 0 Å². The highest BCUT2D eigenvalue weighted by atomic mass is 14.5. The van der Waals surface area contributed by atoms with E-state index in [0.717, 1.165) is 0 Å². The van der Waals surface area contributed by atoms with E-state index in [1.165, 1.54) is 58.6 Å². The van der Waals surface area contributed by atoms with Crippen molar-refractivity contribution in [1.29, 1.82) is 0 Å². The number of rotatable bonds is 0. The van der Waals surface area contributed by atoms with Crippen molar-refractivity contribution in [2.45, 2.75) is 104 Å². The average molecular weight is 262 g/mol. The Labute approximate surface area is 122 Å². The molecule has 0 saturated carbocycles. The van der Waals surface area contributed by atoms with Gasteiger partial charge in [0.2, 0.25) is 0 Å². The Hall–Kier alpha value is 0.0649. The summed E-state index contributed by atoms with van der Waals surface area (Å²) in [6.45, 7) is 15.0. The molecule has 2 unspecified atom stereocenters. The molecule has 0 aliphatic carbocycles. The summed E-state index contributed by atoms with van der Waals surface area (Å²) in [5, 5.41) is 1.22. The molecule has 2 atom stereocenters. The molecule has 2 rings (SSSR count). The molecule has 0 amide bonds. The fourth-order valence-corrected chi connectivity index (χ4v) is 5.15. The molecule has 1 heteroatoms. The van der Waals surface area contributed by atoms with Gasteiger partial charge in [-0.25, -0.2) is 0 Å². The summed E-state index contributed by atoms with van der Waals surface area (Å²) in [5.41, 5.74) is 0.947. The summed E-state index contributed by atoms with van der Waals surface area (Å²) < 4.78 is 0. The van der Waals surface area contributed by atoms with Crippen molar-refractivity contribution in [2.75, 3.05) is 0 Å². The van der Waals surface area contributed by atoms with Gasteiger partial charge in [0.15, 0.2) is 0 Å². The zero-order valence-corrected chi connectivity index (χ0v) is 14.4. The quantitative estimate of drug-likeness (QED) is 0.471. The first-order valence-electron chi connectivity index (χ1n) is 8.62. The van der Waals surface area contributed by atoms with Crippen LogP contribution in [0.2, 0.25) is 10.6 Å². The maximum absolute atomic E-state index is 2.51. The Kier molecular flexibility index (Phi) is 3.91. The van der Waals surface area contributed by atoms with Crippen molar-refractivity contribution in [2.24, 2.45) is 10.8 Å². The molecule has 0 aromatic carbocycles. The Morgan fingerprint density at radius 3 is 1.32 bits per heavy atom. The molecule has 0 spiro atoms. The summed E-state index contributed by atoms with van der Waals surface area (Å²) in [6, 6.07) is 0. The van der Waals surface area contributed by atoms with Crippen LogP contribution in [0.4, 0.5) is 0 Å². The second kappa shape index (κ2) is 4.81. The molecular formula is C18H35B. The summed E-state index contributed by atoms with van der Waals surface area (Å²) in [4.78, 5) is 0. The van der Waals surface area contributed by atoms with Crippen molar-refractivity contribution in [3.05, 3.63) is 0 Å². The van der Waals surface area contributed by atoms with Gasteiger partial charge in [-0.05, 0) is 21.5 Å². The lowest BCUT2D eigenvalue weighted by Gasteiger charge is -2.59. The van der Waals surface area contributed by atoms with E-state index >= 15 is 0 Å². The van der Waals surface area contributed by atoms with E-state index < -0.39 is 0 Å². The summed E-state index contributed by atoms with van der Waals surface area (Å²) >= 11 is 0.